The van der Waals surface area contributed by atoms with Crippen LogP contribution in [0.3, 0.4) is 0 Å². The summed E-state index contributed by atoms with van der Waals surface area (Å²) in [7, 11) is 0. The van der Waals surface area contributed by atoms with Crippen LogP contribution in [0.15, 0.2) is 18.3 Å². The number of hydrogen-bond donors (Lipinski definition) is 1. The van der Waals surface area contributed by atoms with E-state index in [2.05, 4.69) is 37.1 Å². The summed E-state index contributed by atoms with van der Waals surface area (Å²) in [5.74, 6) is 0. The molecule has 0 unspecified atom stereocenters. The number of pyridine rings is 1. The smallest absolute Gasteiger partial charge is 0.163 e. The van der Waals surface area contributed by atoms with E-state index in [9.17, 15) is 0 Å². The molecule has 18 heavy (non-hydrogen) atoms. The minimum Gasteiger partial charge on any atom is -0.382 e. The second-order valence-corrected chi connectivity index (χ2v) is 5.49. The molecule has 0 aliphatic rings. The quantitative estimate of drug-likeness (QED) is 0.739. The van der Waals surface area contributed by atoms with Crippen LogP contribution in [-0.2, 0) is 0 Å². The van der Waals surface area contributed by atoms with Crippen molar-refractivity contribution in [2.45, 2.75) is 46.5 Å². The van der Waals surface area contributed by atoms with Crippen LogP contribution in [0.5, 0.6) is 0 Å². The van der Waals surface area contributed by atoms with Crippen molar-refractivity contribution in [2.75, 3.05) is 11.9 Å². The minimum absolute atomic E-state index is 0.248. The largest absolute Gasteiger partial charge is 0.382 e. The monoisotopic (exact) mass is 245 g/mol. The van der Waals surface area contributed by atoms with Crippen molar-refractivity contribution >= 4 is 5.69 Å². The topological polar surface area (TPSA) is 48.7 Å². The zero-order chi connectivity index (χ0) is 13.4. The van der Waals surface area contributed by atoms with E-state index in [0.29, 0.717) is 5.69 Å². The lowest BCUT2D eigenvalue weighted by molar-refractivity contribution is 0.342. The molecule has 0 saturated heterocycles. The third-order valence-electron chi connectivity index (χ3n) is 3.13. The van der Waals surface area contributed by atoms with Crippen molar-refractivity contribution in [3.05, 3.63) is 24.0 Å². The van der Waals surface area contributed by atoms with Crippen molar-refractivity contribution in [2.24, 2.45) is 5.41 Å². The number of aromatic nitrogens is 1. The summed E-state index contributed by atoms with van der Waals surface area (Å²) in [6.45, 7) is 7.62. The summed E-state index contributed by atoms with van der Waals surface area (Å²) in [5.41, 5.74) is 1.56. The summed E-state index contributed by atoms with van der Waals surface area (Å²) in [6.07, 6.45) is 6.67. The fourth-order valence-corrected chi connectivity index (χ4v) is 1.91. The highest BCUT2D eigenvalue weighted by Crippen LogP contribution is 2.24. The van der Waals surface area contributed by atoms with Gasteiger partial charge in [0.05, 0.1) is 5.69 Å². The summed E-state index contributed by atoms with van der Waals surface area (Å²) in [5, 5.41) is 12.3. The van der Waals surface area contributed by atoms with Crippen molar-refractivity contribution in [3.8, 4) is 6.07 Å². The normalized spacial score (nSPS) is 11.0. The third-order valence-corrected chi connectivity index (χ3v) is 3.13. The first-order valence-corrected chi connectivity index (χ1v) is 6.68. The molecule has 3 nitrogen and oxygen atoms in total. The van der Waals surface area contributed by atoms with Gasteiger partial charge in [0, 0.05) is 12.7 Å². The molecule has 3 heteroatoms. The molecule has 0 aromatic carbocycles. The first kappa shape index (κ1) is 14.5. The molecular formula is C15H23N3. The van der Waals surface area contributed by atoms with Crippen molar-refractivity contribution < 1.29 is 0 Å². The predicted octanol–water partition coefficient (Wildman–Crippen LogP) is 3.97. The van der Waals surface area contributed by atoms with Gasteiger partial charge >= 0.3 is 0 Å². The minimum atomic E-state index is 0.248. The maximum atomic E-state index is 8.97. The Morgan fingerprint density at radius 2 is 2.17 bits per heavy atom. The van der Waals surface area contributed by atoms with Crippen LogP contribution in [0.2, 0.25) is 0 Å². The molecule has 0 bridgehead atoms. The number of hydrogen-bond acceptors (Lipinski definition) is 3. The number of nitrogens with one attached hydrogen (secondary N) is 1. The van der Waals surface area contributed by atoms with Gasteiger partial charge in [0.1, 0.15) is 6.07 Å². The van der Waals surface area contributed by atoms with E-state index in [1.54, 1.807) is 6.20 Å². The van der Waals surface area contributed by atoms with Crippen LogP contribution in [-0.4, -0.2) is 11.5 Å². The summed E-state index contributed by atoms with van der Waals surface area (Å²) < 4.78 is 0. The number of unbranched alkanes of at least 4 members (excludes halogenated alkanes) is 2. The van der Waals surface area contributed by atoms with Crippen LogP contribution in [0, 0.1) is 16.7 Å². The van der Waals surface area contributed by atoms with Crippen LogP contribution in [0.25, 0.3) is 0 Å². The average molecular weight is 245 g/mol. The molecule has 0 fully saturated rings. The molecule has 1 N–H and O–H groups in total. The van der Waals surface area contributed by atoms with Gasteiger partial charge in [0.2, 0.25) is 0 Å². The van der Waals surface area contributed by atoms with Gasteiger partial charge in [-0.15, -0.1) is 0 Å². The zero-order valence-electron chi connectivity index (χ0n) is 11.7. The lowest BCUT2D eigenvalue weighted by atomic mass is 9.87. The molecule has 1 aromatic heterocycles. The molecule has 0 atom stereocenters. The summed E-state index contributed by atoms with van der Waals surface area (Å²) >= 11 is 0. The predicted molar refractivity (Wildman–Crippen MR) is 75.4 cm³/mol. The van der Waals surface area contributed by atoms with Gasteiger partial charge in [-0.3, -0.25) is 0 Å². The van der Waals surface area contributed by atoms with E-state index in [1.165, 1.54) is 25.7 Å². The number of rotatable bonds is 7. The Bertz CT molecular complexity index is 404. The number of anilines is 1. The van der Waals surface area contributed by atoms with E-state index < -0.39 is 0 Å². The third kappa shape index (κ3) is 4.75. The lowest BCUT2D eigenvalue weighted by Gasteiger charge is -2.25. The van der Waals surface area contributed by atoms with Gasteiger partial charge in [0.25, 0.3) is 0 Å². The Hall–Kier alpha value is -1.56. The molecule has 1 rings (SSSR count). The molecule has 98 valence electrons. The van der Waals surface area contributed by atoms with Crippen LogP contribution >= 0.6 is 0 Å². The van der Waals surface area contributed by atoms with Crippen molar-refractivity contribution in [1.82, 2.24) is 4.98 Å². The van der Waals surface area contributed by atoms with Crippen molar-refractivity contribution in [1.29, 1.82) is 5.26 Å². The van der Waals surface area contributed by atoms with Gasteiger partial charge in [-0.1, -0.05) is 40.0 Å². The molecule has 0 radical (unpaired) electrons. The molecule has 0 amide bonds. The average Bonchev–Trinajstić information content (AvgIpc) is 2.37. The Balaban J connectivity index is 2.51. The van der Waals surface area contributed by atoms with Crippen molar-refractivity contribution in [3.63, 3.8) is 0 Å². The molecule has 0 aliphatic carbocycles. The van der Waals surface area contributed by atoms with E-state index in [0.717, 1.165) is 12.2 Å². The SMILES string of the molecule is CCCCCC(C)(C)CNc1cccnc1C#N. The highest BCUT2D eigenvalue weighted by Gasteiger charge is 2.17. The Morgan fingerprint density at radius 1 is 1.39 bits per heavy atom. The molecule has 0 aliphatic heterocycles. The zero-order valence-corrected chi connectivity index (χ0v) is 11.7. The van der Waals surface area contributed by atoms with Crippen LogP contribution < -0.4 is 5.32 Å². The molecular weight excluding hydrogens is 222 g/mol. The van der Waals surface area contributed by atoms with E-state index in [-0.39, 0.29) is 5.41 Å². The van der Waals surface area contributed by atoms with Gasteiger partial charge in [0.15, 0.2) is 5.69 Å². The highest BCUT2D eigenvalue weighted by atomic mass is 14.9. The number of nitrogens with zero attached hydrogens (tertiary/aromatic N) is 2. The van der Waals surface area contributed by atoms with Gasteiger partial charge in [-0.05, 0) is 24.0 Å². The van der Waals surface area contributed by atoms with E-state index in [1.807, 2.05) is 12.1 Å². The maximum Gasteiger partial charge on any atom is 0.163 e. The lowest BCUT2D eigenvalue weighted by Crippen LogP contribution is -2.23. The maximum absolute atomic E-state index is 8.97. The molecule has 0 spiro atoms. The standard InChI is InChI=1S/C15H23N3/c1-4-5-6-9-15(2,3)12-18-13-8-7-10-17-14(13)11-16/h7-8,10,18H,4-6,9,12H2,1-3H3. The van der Waals surface area contributed by atoms with Crippen LogP contribution in [0.4, 0.5) is 5.69 Å². The fraction of sp³-hybridized carbons (Fsp3) is 0.600. The number of nitriles is 1. The van der Waals surface area contributed by atoms with E-state index in [4.69, 9.17) is 5.26 Å². The Kier molecular flexibility index (Phi) is 5.64. The second-order valence-electron chi connectivity index (χ2n) is 5.49. The summed E-state index contributed by atoms with van der Waals surface area (Å²) in [6, 6.07) is 5.88. The summed E-state index contributed by atoms with van der Waals surface area (Å²) in [4.78, 5) is 4.05. The Morgan fingerprint density at radius 3 is 2.83 bits per heavy atom. The molecule has 1 heterocycles. The first-order chi connectivity index (χ1) is 8.59. The Labute approximate surface area is 110 Å². The van der Waals surface area contributed by atoms with Gasteiger partial charge < -0.3 is 5.32 Å². The van der Waals surface area contributed by atoms with E-state index >= 15 is 0 Å². The highest BCUT2D eigenvalue weighted by molar-refractivity contribution is 5.53. The van der Waals surface area contributed by atoms with Gasteiger partial charge in [-0.2, -0.15) is 5.26 Å². The molecule has 1 aromatic rings. The van der Waals surface area contributed by atoms with Crippen LogP contribution in [0.1, 0.15) is 52.1 Å². The second kappa shape index (κ2) is 7.00. The fourth-order valence-electron chi connectivity index (χ4n) is 1.91. The van der Waals surface area contributed by atoms with Gasteiger partial charge in [-0.25, -0.2) is 4.98 Å². The first-order valence-electron chi connectivity index (χ1n) is 6.68. The molecule has 0 saturated carbocycles.